The molecule has 2 aliphatic heterocycles. The standard InChI is InChI=1S/C17H25N3O/c1-17(2,16(21)19-10-8-14(18)9-11-19)20-12-7-13-5-3-4-6-15(13)20/h3-6,14H,7-12,18H2,1-2H3. The highest BCUT2D eigenvalue weighted by Gasteiger charge is 2.41. The number of nitrogens with zero attached hydrogens (tertiary/aromatic N) is 2. The molecule has 21 heavy (non-hydrogen) atoms. The third-order valence-electron chi connectivity index (χ3n) is 4.91. The van der Waals surface area contributed by atoms with E-state index in [-0.39, 0.29) is 11.9 Å². The first-order chi connectivity index (χ1) is 10.00. The number of hydrogen-bond acceptors (Lipinski definition) is 3. The molecule has 1 fully saturated rings. The molecular weight excluding hydrogens is 262 g/mol. The van der Waals surface area contributed by atoms with Crippen LogP contribution in [0.4, 0.5) is 5.69 Å². The first-order valence-corrected chi connectivity index (χ1v) is 7.90. The van der Waals surface area contributed by atoms with E-state index >= 15 is 0 Å². The Kier molecular flexibility index (Phi) is 3.66. The van der Waals surface area contributed by atoms with Crippen molar-refractivity contribution in [3.8, 4) is 0 Å². The van der Waals surface area contributed by atoms with E-state index in [4.69, 9.17) is 5.73 Å². The maximum absolute atomic E-state index is 13.0. The number of piperidine rings is 1. The lowest BCUT2D eigenvalue weighted by molar-refractivity contribution is -0.137. The number of anilines is 1. The van der Waals surface area contributed by atoms with Gasteiger partial charge in [0, 0.05) is 31.4 Å². The molecule has 4 heteroatoms. The van der Waals surface area contributed by atoms with E-state index in [1.165, 1.54) is 11.3 Å². The molecule has 0 bridgehead atoms. The molecule has 0 unspecified atom stereocenters. The Hall–Kier alpha value is -1.55. The molecular formula is C17H25N3O. The SMILES string of the molecule is CC(C)(C(=O)N1CCC(N)CC1)N1CCc2ccccc21. The van der Waals surface area contributed by atoms with Gasteiger partial charge in [0.25, 0.3) is 0 Å². The predicted molar refractivity (Wildman–Crippen MR) is 85.4 cm³/mol. The fraction of sp³-hybridized carbons (Fsp3) is 0.588. The van der Waals surface area contributed by atoms with E-state index in [1.54, 1.807) is 0 Å². The highest BCUT2D eigenvalue weighted by Crippen LogP contribution is 2.34. The van der Waals surface area contributed by atoms with Crippen LogP contribution in [0.2, 0.25) is 0 Å². The first-order valence-electron chi connectivity index (χ1n) is 7.90. The summed E-state index contributed by atoms with van der Waals surface area (Å²) in [6, 6.07) is 8.67. The molecule has 1 amide bonds. The Bertz CT molecular complexity index is 533. The van der Waals surface area contributed by atoms with Gasteiger partial charge in [-0.2, -0.15) is 0 Å². The summed E-state index contributed by atoms with van der Waals surface area (Å²) in [5, 5.41) is 0. The van der Waals surface area contributed by atoms with Crippen LogP contribution in [-0.2, 0) is 11.2 Å². The topological polar surface area (TPSA) is 49.6 Å². The Morgan fingerprint density at radius 3 is 2.57 bits per heavy atom. The summed E-state index contributed by atoms with van der Waals surface area (Å²) in [6.45, 7) is 6.60. The molecule has 2 N–H and O–H groups in total. The number of para-hydroxylation sites is 1. The Morgan fingerprint density at radius 2 is 1.86 bits per heavy atom. The Morgan fingerprint density at radius 1 is 1.19 bits per heavy atom. The van der Waals surface area contributed by atoms with Gasteiger partial charge in [-0.25, -0.2) is 0 Å². The van der Waals surface area contributed by atoms with E-state index < -0.39 is 5.54 Å². The van der Waals surface area contributed by atoms with Crippen molar-refractivity contribution in [2.75, 3.05) is 24.5 Å². The molecule has 2 aliphatic rings. The summed E-state index contributed by atoms with van der Waals surface area (Å²) >= 11 is 0. The second-order valence-corrected chi connectivity index (χ2v) is 6.72. The van der Waals surface area contributed by atoms with Crippen LogP contribution in [0.5, 0.6) is 0 Å². The number of amides is 1. The van der Waals surface area contributed by atoms with Gasteiger partial charge in [0.1, 0.15) is 5.54 Å². The summed E-state index contributed by atoms with van der Waals surface area (Å²) in [5.74, 6) is 0.228. The number of hydrogen-bond donors (Lipinski definition) is 1. The maximum atomic E-state index is 13.0. The third-order valence-corrected chi connectivity index (χ3v) is 4.91. The summed E-state index contributed by atoms with van der Waals surface area (Å²) in [5.41, 5.74) is 8.01. The van der Waals surface area contributed by atoms with Crippen LogP contribution in [0, 0.1) is 0 Å². The van der Waals surface area contributed by atoms with E-state index in [9.17, 15) is 4.79 Å². The summed E-state index contributed by atoms with van der Waals surface area (Å²) in [6.07, 6.45) is 2.86. The number of fused-ring (bicyclic) bond motifs is 1. The van der Waals surface area contributed by atoms with Crippen molar-refractivity contribution in [2.24, 2.45) is 5.73 Å². The highest BCUT2D eigenvalue weighted by molar-refractivity contribution is 5.90. The lowest BCUT2D eigenvalue weighted by atomic mass is 9.97. The van der Waals surface area contributed by atoms with Crippen molar-refractivity contribution in [2.45, 2.75) is 44.7 Å². The third kappa shape index (κ3) is 2.53. The molecule has 114 valence electrons. The monoisotopic (exact) mass is 287 g/mol. The van der Waals surface area contributed by atoms with Gasteiger partial charge in [-0.05, 0) is 44.7 Å². The predicted octanol–water partition coefficient (Wildman–Crippen LogP) is 1.78. The molecule has 4 nitrogen and oxygen atoms in total. The summed E-state index contributed by atoms with van der Waals surface area (Å²) < 4.78 is 0. The summed E-state index contributed by atoms with van der Waals surface area (Å²) in [7, 11) is 0. The number of rotatable bonds is 2. The van der Waals surface area contributed by atoms with Crippen LogP contribution in [0.25, 0.3) is 0 Å². The maximum Gasteiger partial charge on any atom is 0.247 e. The average Bonchev–Trinajstić information content (AvgIpc) is 2.92. The molecule has 0 atom stereocenters. The van der Waals surface area contributed by atoms with Gasteiger partial charge >= 0.3 is 0 Å². The lowest BCUT2D eigenvalue weighted by Gasteiger charge is -2.41. The van der Waals surface area contributed by atoms with Crippen molar-refractivity contribution in [1.29, 1.82) is 0 Å². The van der Waals surface area contributed by atoms with Gasteiger partial charge < -0.3 is 15.5 Å². The number of carbonyl (C=O) groups excluding carboxylic acids is 1. The van der Waals surface area contributed by atoms with Crippen LogP contribution in [-0.4, -0.2) is 42.0 Å². The van der Waals surface area contributed by atoms with Crippen LogP contribution >= 0.6 is 0 Å². The molecule has 1 saturated heterocycles. The fourth-order valence-electron chi connectivity index (χ4n) is 3.52. The smallest absolute Gasteiger partial charge is 0.247 e. The van der Waals surface area contributed by atoms with Gasteiger partial charge in [-0.15, -0.1) is 0 Å². The molecule has 1 aromatic carbocycles. The van der Waals surface area contributed by atoms with E-state index in [1.807, 2.05) is 18.7 Å². The molecule has 0 radical (unpaired) electrons. The Balaban J connectivity index is 1.79. The van der Waals surface area contributed by atoms with Crippen LogP contribution < -0.4 is 10.6 Å². The molecule has 0 spiro atoms. The zero-order chi connectivity index (χ0) is 15.0. The molecule has 2 heterocycles. The van der Waals surface area contributed by atoms with Gasteiger partial charge in [-0.3, -0.25) is 4.79 Å². The quantitative estimate of drug-likeness (QED) is 0.902. The van der Waals surface area contributed by atoms with Crippen molar-refractivity contribution < 1.29 is 4.79 Å². The second kappa shape index (κ2) is 5.34. The molecule has 0 saturated carbocycles. The minimum Gasteiger partial charge on any atom is -0.357 e. The molecule has 3 rings (SSSR count). The van der Waals surface area contributed by atoms with Crippen molar-refractivity contribution in [1.82, 2.24) is 4.90 Å². The number of nitrogens with two attached hydrogens (primary N) is 1. The zero-order valence-corrected chi connectivity index (χ0v) is 13.0. The summed E-state index contributed by atoms with van der Waals surface area (Å²) in [4.78, 5) is 17.2. The minimum atomic E-state index is -0.492. The van der Waals surface area contributed by atoms with Gasteiger partial charge in [-0.1, -0.05) is 18.2 Å². The average molecular weight is 287 g/mol. The number of carbonyl (C=O) groups is 1. The van der Waals surface area contributed by atoms with Crippen LogP contribution in [0.15, 0.2) is 24.3 Å². The van der Waals surface area contributed by atoms with E-state index in [0.717, 1.165) is 38.9 Å². The molecule has 0 aliphatic carbocycles. The van der Waals surface area contributed by atoms with Gasteiger partial charge in [0.05, 0.1) is 0 Å². The zero-order valence-electron chi connectivity index (χ0n) is 13.0. The van der Waals surface area contributed by atoms with E-state index in [0.29, 0.717) is 0 Å². The minimum absolute atomic E-state index is 0.228. The van der Waals surface area contributed by atoms with Gasteiger partial charge in [0.2, 0.25) is 5.91 Å². The Labute approximate surface area is 126 Å². The van der Waals surface area contributed by atoms with Crippen LogP contribution in [0.1, 0.15) is 32.3 Å². The lowest BCUT2D eigenvalue weighted by Crippen LogP contribution is -2.58. The highest BCUT2D eigenvalue weighted by atomic mass is 16.2. The van der Waals surface area contributed by atoms with Crippen molar-refractivity contribution >= 4 is 11.6 Å². The van der Waals surface area contributed by atoms with Gasteiger partial charge in [0.15, 0.2) is 0 Å². The normalized spacial score (nSPS) is 19.8. The molecule has 1 aromatic rings. The van der Waals surface area contributed by atoms with Crippen molar-refractivity contribution in [3.05, 3.63) is 29.8 Å². The fourth-order valence-corrected chi connectivity index (χ4v) is 3.52. The first kappa shape index (κ1) is 14.4. The van der Waals surface area contributed by atoms with Crippen LogP contribution in [0.3, 0.4) is 0 Å². The van der Waals surface area contributed by atoms with Crippen molar-refractivity contribution in [3.63, 3.8) is 0 Å². The van der Waals surface area contributed by atoms with E-state index in [2.05, 4.69) is 29.2 Å². The molecule has 0 aromatic heterocycles. The number of benzene rings is 1. The number of likely N-dealkylation sites (tertiary alicyclic amines) is 1. The largest absolute Gasteiger partial charge is 0.357 e. The second-order valence-electron chi connectivity index (χ2n) is 6.72.